The molecule has 2 rings (SSSR count). The number of halogens is 3. The van der Waals surface area contributed by atoms with Crippen LogP contribution in [0.3, 0.4) is 0 Å². The molecule has 7 heteroatoms. The van der Waals surface area contributed by atoms with Crippen LogP contribution in [0.25, 0.3) is 10.8 Å². The summed E-state index contributed by atoms with van der Waals surface area (Å²) in [4.78, 5) is 11.6. The van der Waals surface area contributed by atoms with Crippen molar-refractivity contribution in [1.29, 1.82) is 0 Å². The highest BCUT2D eigenvalue weighted by atomic mass is 35.6. The highest BCUT2D eigenvalue weighted by molar-refractivity contribution is 6.74. The van der Waals surface area contributed by atoms with Crippen molar-refractivity contribution in [3.8, 4) is 0 Å². The maximum Gasteiger partial charge on any atom is 0.259 e. The standard InChI is InChI=1S/C14H12Cl3N3O/c15-14(16,17)9-19-20-13(21)8-18-12-7-3-5-10-4-1-2-6-11(10)12/h1-7,9,18H,8H2,(H,20,21)/b19-9+. The minimum atomic E-state index is -1.63. The van der Waals surface area contributed by atoms with Gasteiger partial charge in [-0.3, -0.25) is 4.79 Å². The minimum Gasteiger partial charge on any atom is -0.376 e. The van der Waals surface area contributed by atoms with Gasteiger partial charge >= 0.3 is 0 Å². The lowest BCUT2D eigenvalue weighted by Crippen LogP contribution is -2.26. The van der Waals surface area contributed by atoms with Gasteiger partial charge in [-0.15, -0.1) is 0 Å². The van der Waals surface area contributed by atoms with Crippen LogP contribution in [-0.4, -0.2) is 22.5 Å². The van der Waals surface area contributed by atoms with E-state index in [-0.39, 0.29) is 12.5 Å². The average Bonchev–Trinajstić information content (AvgIpc) is 2.43. The molecule has 110 valence electrons. The first kappa shape index (κ1) is 15.9. The molecular weight excluding hydrogens is 333 g/mol. The Kier molecular flexibility index (Phi) is 5.28. The Hall–Kier alpha value is -1.49. The van der Waals surface area contributed by atoms with Crippen molar-refractivity contribution in [2.45, 2.75) is 3.79 Å². The summed E-state index contributed by atoms with van der Waals surface area (Å²) >= 11 is 16.4. The molecule has 0 atom stereocenters. The number of rotatable bonds is 4. The second kappa shape index (κ2) is 6.98. The fraction of sp³-hybridized carbons (Fsp3) is 0.143. The summed E-state index contributed by atoms with van der Waals surface area (Å²) < 4.78 is -1.63. The zero-order valence-corrected chi connectivity index (χ0v) is 13.1. The normalized spacial score (nSPS) is 11.8. The van der Waals surface area contributed by atoms with Crippen molar-refractivity contribution in [1.82, 2.24) is 5.43 Å². The fourth-order valence-electron chi connectivity index (χ4n) is 1.77. The van der Waals surface area contributed by atoms with E-state index in [4.69, 9.17) is 34.8 Å². The fourth-order valence-corrected chi connectivity index (χ4v) is 1.92. The molecule has 0 bridgehead atoms. The third kappa shape index (κ3) is 5.08. The number of fused-ring (bicyclic) bond motifs is 1. The molecule has 0 saturated heterocycles. The molecule has 21 heavy (non-hydrogen) atoms. The predicted octanol–water partition coefficient (Wildman–Crippen LogP) is 3.72. The highest BCUT2D eigenvalue weighted by Crippen LogP contribution is 2.23. The minimum absolute atomic E-state index is 0.0607. The first-order chi connectivity index (χ1) is 9.96. The molecule has 1 amide bonds. The van der Waals surface area contributed by atoms with Gasteiger partial charge in [-0.2, -0.15) is 5.10 Å². The van der Waals surface area contributed by atoms with Crippen molar-refractivity contribution >= 4 is 63.4 Å². The molecule has 0 aromatic heterocycles. The van der Waals surface area contributed by atoms with Crippen LogP contribution < -0.4 is 10.7 Å². The van der Waals surface area contributed by atoms with E-state index < -0.39 is 3.79 Å². The number of hydrogen-bond donors (Lipinski definition) is 2. The van der Waals surface area contributed by atoms with E-state index in [1.54, 1.807) is 0 Å². The topological polar surface area (TPSA) is 53.5 Å². The van der Waals surface area contributed by atoms with Crippen molar-refractivity contribution in [2.24, 2.45) is 5.10 Å². The van der Waals surface area contributed by atoms with E-state index in [1.807, 2.05) is 42.5 Å². The molecule has 4 nitrogen and oxygen atoms in total. The van der Waals surface area contributed by atoms with Crippen molar-refractivity contribution in [3.63, 3.8) is 0 Å². The summed E-state index contributed by atoms with van der Waals surface area (Å²) in [5.74, 6) is -0.339. The van der Waals surface area contributed by atoms with Gasteiger partial charge in [-0.05, 0) is 11.5 Å². The average molecular weight is 345 g/mol. The predicted molar refractivity (Wildman–Crippen MR) is 89.4 cm³/mol. The van der Waals surface area contributed by atoms with Crippen LogP contribution in [0.2, 0.25) is 0 Å². The second-order valence-corrected chi connectivity index (χ2v) is 6.58. The highest BCUT2D eigenvalue weighted by Gasteiger charge is 2.15. The van der Waals surface area contributed by atoms with Crippen LogP contribution >= 0.6 is 34.8 Å². The number of hydrazone groups is 1. The van der Waals surface area contributed by atoms with Crippen molar-refractivity contribution in [2.75, 3.05) is 11.9 Å². The van der Waals surface area contributed by atoms with Gasteiger partial charge in [0.2, 0.25) is 3.79 Å². The van der Waals surface area contributed by atoms with E-state index in [9.17, 15) is 4.79 Å². The monoisotopic (exact) mass is 343 g/mol. The quantitative estimate of drug-likeness (QED) is 0.504. The molecule has 0 heterocycles. The summed E-state index contributed by atoms with van der Waals surface area (Å²) in [5, 5.41) is 8.74. The molecule has 0 unspecified atom stereocenters. The van der Waals surface area contributed by atoms with E-state index in [2.05, 4.69) is 15.8 Å². The van der Waals surface area contributed by atoms with Crippen LogP contribution in [0.15, 0.2) is 47.6 Å². The summed E-state index contributed by atoms with van der Waals surface area (Å²) in [6, 6.07) is 13.7. The number of carbonyl (C=O) groups excluding carboxylic acids is 1. The summed E-state index contributed by atoms with van der Waals surface area (Å²) in [6.45, 7) is 0.0607. The third-order valence-electron chi connectivity index (χ3n) is 2.63. The van der Waals surface area contributed by atoms with Gasteiger partial charge < -0.3 is 5.32 Å². The van der Waals surface area contributed by atoms with Crippen molar-refractivity contribution < 1.29 is 4.79 Å². The molecule has 0 fully saturated rings. The molecule has 2 aromatic rings. The smallest absolute Gasteiger partial charge is 0.259 e. The Morgan fingerprint density at radius 2 is 1.86 bits per heavy atom. The molecule has 0 radical (unpaired) electrons. The molecule has 0 saturated carbocycles. The van der Waals surface area contributed by atoms with Crippen LogP contribution in [0.1, 0.15) is 0 Å². The van der Waals surface area contributed by atoms with Crippen LogP contribution in [0.4, 0.5) is 5.69 Å². The Labute approximate surface area is 137 Å². The number of anilines is 1. The number of amides is 1. The lowest BCUT2D eigenvalue weighted by molar-refractivity contribution is -0.119. The second-order valence-electron chi connectivity index (χ2n) is 4.22. The van der Waals surface area contributed by atoms with Gasteiger partial charge in [-0.25, -0.2) is 5.43 Å². The molecule has 0 aliphatic rings. The Morgan fingerprint density at radius 1 is 1.14 bits per heavy atom. The van der Waals surface area contributed by atoms with Gasteiger partial charge in [0, 0.05) is 11.1 Å². The summed E-state index contributed by atoms with van der Waals surface area (Å²) in [5.41, 5.74) is 3.14. The van der Waals surface area contributed by atoms with Crippen molar-refractivity contribution in [3.05, 3.63) is 42.5 Å². The Balaban J connectivity index is 1.96. The zero-order valence-electron chi connectivity index (χ0n) is 10.8. The van der Waals surface area contributed by atoms with E-state index >= 15 is 0 Å². The number of carbonyl (C=O) groups is 1. The van der Waals surface area contributed by atoms with Crippen LogP contribution in [0, 0.1) is 0 Å². The van der Waals surface area contributed by atoms with Gasteiger partial charge in [0.15, 0.2) is 0 Å². The van der Waals surface area contributed by atoms with Gasteiger partial charge in [0.1, 0.15) is 0 Å². The molecule has 2 N–H and O–H groups in total. The molecule has 0 aliphatic heterocycles. The number of benzene rings is 2. The Morgan fingerprint density at radius 3 is 2.62 bits per heavy atom. The van der Waals surface area contributed by atoms with Gasteiger partial charge in [0.05, 0.1) is 12.8 Å². The van der Waals surface area contributed by atoms with Crippen LogP contribution in [-0.2, 0) is 4.79 Å². The van der Waals surface area contributed by atoms with E-state index in [0.717, 1.165) is 22.7 Å². The van der Waals surface area contributed by atoms with E-state index in [1.165, 1.54) is 0 Å². The van der Waals surface area contributed by atoms with Gasteiger partial charge in [-0.1, -0.05) is 71.2 Å². The number of alkyl halides is 3. The third-order valence-corrected chi connectivity index (χ3v) is 2.92. The number of nitrogens with zero attached hydrogens (tertiary/aromatic N) is 1. The maximum absolute atomic E-state index is 11.6. The lowest BCUT2D eigenvalue weighted by Gasteiger charge is -2.09. The zero-order chi connectivity index (χ0) is 15.3. The number of nitrogens with one attached hydrogen (secondary N) is 2. The molecule has 0 spiro atoms. The Bertz CT molecular complexity index is 663. The van der Waals surface area contributed by atoms with Gasteiger partial charge in [0.25, 0.3) is 5.91 Å². The maximum atomic E-state index is 11.6. The van der Waals surface area contributed by atoms with Crippen LogP contribution in [0.5, 0.6) is 0 Å². The molecule has 0 aliphatic carbocycles. The summed E-state index contributed by atoms with van der Waals surface area (Å²) in [6.07, 6.45) is 1.02. The first-order valence-corrected chi connectivity index (χ1v) is 7.20. The first-order valence-electron chi connectivity index (χ1n) is 6.07. The molecular formula is C14H12Cl3N3O. The molecule has 2 aromatic carbocycles. The lowest BCUT2D eigenvalue weighted by atomic mass is 10.1. The summed E-state index contributed by atoms with van der Waals surface area (Å²) in [7, 11) is 0. The number of hydrogen-bond acceptors (Lipinski definition) is 3. The van der Waals surface area contributed by atoms with E-state index in [0.29, 0.717) is 0 Å². The SMILES string of the molecule is O=C(CNc1cccc2ccccc12)N/N=C/C(Cl)(Cl)Cl. The largest absolute Gasteiger partial charge is 0.376 e.